The molecule has 4 nitrogen and oxygen atoms in total. The van der Waals surface area contributed by atoms with Gasteiger partial charge in [-0.15, -0.1) is 34.0 Å². The van der Waals surface area contributed by atoms with Crippen LogP contribution in [0.4, 0.5) is 0 Å². The quantitative estimate of drug-likeness (QED) is 0.877. The number of benzene rings is 1. The van der Waals surface area contributed by atoms with Gasteiger partial charge in [-0.05, 0) is 17.7 Å². The van der Waals surface area contributed by atoms with Crippen LogP contribution in [0.25, 0.3) is 0 Å². The third kappa shape index (κ3) is 4.14. The molecule has 2 aromatic rings. The first kappa shape index (κ1) is 16.1. The highest BCUT2D eigenvalue weighted by Gasteiger charge is 2.01. The highest BCUT2D eigenvalue weighted by molar-refractivity contribution is 8.93. The van der Waals surface area contributed by atoms with Gasteiger partial charge in [-0.1, -0.05) is 12.1 Å². The van der Waals surface area contributed by atoms with E-state index in [-0.39, 0.29) is 39.7 Å². The van der Waals surface area contributed by atoms with Crippen LogP contribution in [-0.4, -0.2) is 14.7 Å². The smallest absolute Gasteiger partial charge is 0.122 e. The zero-order valence-electron chi connectivity index (χ0n) is 9.11. The fourth-order valence-electron chi connectivity index (χ4n) is 1.47. The summed E-state index contributed by atoms with van der Waals surface area (Å²) in [6, 6.07) is 7.12. The number of phenols is 1. The summed E-state index contributed by atoms with van der Waals surface area (Å²) in [5.74, 6) is 1.14. The van der Waals surface area contributed by atoms with E-state index in [2.05, 4.69) is 4.98 Å². The van der Waals surface area contributed by atoms with Crippen molar-refractivity contribution in [3.8, 4) is 5.75 Å². The van der Waals surface area contributed by atoms with E-state index in [9.17, 15) is 0 Å². The fraction of sp³-hybridized carbons (Fsp3) is 0.182. The molecule has 6 heteroatoms. The van der Waals surface area contributed by atoms with E-state index in [1.165, 1.54) is 0 Å². The molecule has 0 saturated carbocycles. The molecule has 1 aromatic heterocycles. The summed E-state index contributed by atoms with van der Waals surface area (Å²) >= 11 is 0. The Balaban J connectivity index is 0.00000128. The Morgan fingerprint density at radius 2 is 1.82 bits per heavy atom. The predicted octanol–water partition coefficient (Wildman–Crippen LogP) is 2.25. The maximum Gasteiger partial charge on any atom is 0.122 e. The molecule has 0 amide bonds. The van der Waals surface area contributed by atoms with E-state index in [0.717, 1.165) is 17.9 Å². The van der Waals surface area contributed by atoms with E-state index in [1.54, 1.807) is 18.3 Å². The molecule has 0 aliphatic heterocycles. The fourth-order valence-corrected chi connectivity index (χ4v) is 1.47. The normalized spacial score (nSPS) is 9.24. The SMILES string of the molecule is Br.Br.NCc1nccn1Cc1ccc(O)cc1. The summed E-state index contributed by atoms with van der Waals surface area (Å²) in [5, 5.41) is 9.14. The van der Waals surface area contributed by atoms with Gasteiger partial charge in [0.2, 0.25) is 0 Å². The average Bonchev–Trinajstić information content (AvgIpc) is 2.69. The van der Waals surface area contributed by atoms with Crippen molar-refractivity contribution < 1.29 is 5.11 Å². The maximum absolute atomic E-state index is 9.14. The second-order valence-electron chi connectivity index (χ2n) is 3.34. The minimum absolute atomic E-state index is 0. The number of imidazole rings is 1. The molecule has 1 heterocycles. The zero-order valence-corrected chi connectivity index (χ0v) is 12.5. The molecule has 0 saturated heterocycles. The average molecular weight is 365 g/mol. The van der Waals surface area contributed by atoms with Gasteiger partial charge in [0.15, 0.2) is 0 Å². The van der Waals surface area contributed by atoms with Gasteiger partial charge in [-0.25, -0.2) is 4.98 Å². The molecule has 0 bridgehead atoms. The number of halogens is 2. The molecule has 0 radical (unpaired) electrons. The minimum Gasteiger partial charge on any atom is -0.508 e. The highest BCUT2D eigenvalue weighted by atomic mass is 79.9. The van der Waals surface area contributed by atoms with Gasteiger partial charge in [-0.3, -0.25) is 0 Å². The molecular weight excluding hydrogens is 350 g/mol. The minimum atomic E-state index is 0. The maximum atomic E-state index is 9.14. The van der Waals surface area contributed by atoms with Crippen LogP contribution >= 0.6 is 34.0 Å². The number of aromatic nitrogens is 2. The van der Waals surface area contributed by atoms with Crippen molar-refractivity contribution in [3.05, 3.63) is 48.0 Å². The number of phenolic OH excluding ortho intramolecular Hbond substituents is 1. The van der Waals surface area contributed by atoms with Crippen LogP contribution in [0.5, 0.6) is 5.75 Å². The van der Waals surface area contributed by atoms with Crippen molar-refractivity contribution >= 4 is 34.0 Å². The summed E-state index contributed by atoms with van der Waals surface area (Å²) < 4.78 is 1.99. The van der Waals surface area contributed by atoms with Crippen LogP contribution in [0.3, 0.4) is 0 Å². The Labute approximate surface area is 121 Å². The number of hydrogen-bond donors (Lipinski definition) is 2. The van der Waals surface area contributed by atoms with Crippen molar-refractivity contribution in [2.45, 2.75) is 13.1 Å². The Kier molecular flexibility index (Phi) is 7.10. The van der Waals surface area contributed by atoms with Crippen molar-refractivity contribution in [3.63, 3.8) is 0 Å². The Morgan fingerprint density at radius 3 is 2.41 bits per heavy atom. The first-order chi connectivity index (χ1) is 7.29. The van der Waals surface area contributed by atoms with Crippen molar-refractivity contribution in [1.82, 2.24) is 9.55 Å². The monoisotopic (exact) mass is 363 g/mol. The van der Waals surface area contributed by atoms with Gasteiger partial charge >= 0.3 is 0 Å². The molecular formula is C11H15Br2N3O. The van der Waals surface area contributed by atoms with Crippen LogP contribution in [-0.2, 0) is 13.1 Å². The van der Waals surface area contributed by atoms with E-state index < -0.39 is 0 Å². The molecule has 0 aliphatic rings. The molecule has 0 spiro atoms. The summed E-state index contributed by atoms with van der Waals surface area (Å²) in [6.07, 6.45) is 3.64. The van der Waals surface area contributed by atoms with Gasteiger partial charge in [0, 0.05) is 18.9 Å². The third-order valence-corrected chi connectivity index (χ3v) is 2.27. The molecule has 0 unspecified atom stereocenters. The Hall–Kier alpha value is -0.850. The molecule has 94 valence electrons. The van der Waals surface area contributed by atoms with Crippen LogP contribution < -0.4 is 5.73 Å². The number of hydrogen-bond acceptors (Lipinski definition) is 3. The lowest BCUT2D eigenvalue weighted by Gasteiger charge is -2.06. The molecule has 0 aliphatic carbocycles. The molecule has 0 atom stereocenters. The van der Waals surface area contributed by atoms with Gasteiger partial charge in [0.1, 0.15) is 11.6 Å². The van der Waals surface area contributed by atoms with E-state index in [4.69, 9.17) is 10.8 Å². The van der Waals surface area contributed by atoms with Gasteiger partial charge in [-0.2, -0.15) is 0 Å². The second kappa shape index (κ2) is 7.47. The lowest BCUT2D eigenvalue weighted by Crippen LogP contribution is -2.08. The van der Waals surface area contributed by atoms with Gasteiger partial charge in [0.05, 0.1) is 6.54 Å². The van der Waals surface area contributed by atoms with E-state index >= 15 is 0 Å². The standard InChI is InChI=1S/C11H13N3O.2BrH/c12-7-11-13-5-6-14(11)8-9-1-3-10(15)4-2-9;;/h1-6,15H,7-8,12H2;2*1H. The molecule has 2 rings (SSSR count). The number of aromatic hydroxyl groups is 1. The van der Waals surface area contributed by atoms with Crippen molar-refractivity contribution in [2.75, 3.05) is 0 Å². The second-order valence-corrected chi connectivity index (χ2v) is 3.34. The molecule has 3 N–H and O–H groups in total. The number of nitrogens with two attached hydrogens (primary N) is 1. The molecule has 0 fully saturated rings. The van der Waals surface area contributed by atoms with Crippen molar-refractivity contribution in [1.29, 1.82) is 0 Å². The third-order valence-electron chi connectivity index (χ3n) is 2.27. The lowest BCUT2D eigenvalue weighted by molar-refractivity contribution is 0.475. The Morgan fingerprint density at radius 1 is 1.18 bits per heavy atom. The highest BCUT2D eigenvalue weighted by Crippen LogP contribution is 2.11. The van der Waals surface area contributed by atoms with E-state index in [0.29, 0.717) is 6.54 Å². The van der Waals surface area contributed by atoms with Crippen LogP contribution in [0.1, 0.15) is 11.4 Å². The van der Waals surface area contributed by atoms with Crippen molar-refractivity contribution in [2.24, 2.45) is 5.73 Å². The molecule has 1 aromatic carbocycles. The van der Waals surface area contributed by atoms with E-state index in [1.807, 2.05) is 22.9 Å². The lowest BCUT2D eigenvalue weighted by atomic mass is 10.2. The largest absolute Gasteiger partial charge is 0.508 e. The number of rotatable bonds is 3. The molecule has 17 heavy (non-hydrogen) atoms. The van der Waals surface area contributed by atoms with Crippen LogP contribution in [0, 0.1) is 0 Å². The summed E-state index contributed by atoms with van der Waals surface area (Å²) in [5.41, 5.74) is 6.66. The topological polar surface area (TPSA) is 64.1 Å². The van der Waals surface area contributed by atoms with Gasteiger partial charge in [0.25, 0.3) is 0 Å². The summed E-state index contributed by atoms with van der Waals surface area (Å²) in [6.45, 7) is 1.16. The Bertz CT molecular complexity index is 442. The first-order valence-electron chi connectivity index (χ1n) is 4.77. The van der Waals surface area contributed by atoms with Gasteiger partial charge < -0.3 is 15.4 Å². The summed E-state index contributed by atoms with van der Waals surface area (Å²) in [7, 11) is 0. The zero-order chi connectivity index (χ0) is 10.7. The first-order valence-corrected chi connectivity index (χ1v) is 4.77. The van der Waals surface area contributed by atoms with Crippen LogP contribution in [0.15, 0.2) is 36.7 Å². The predicted molar refractivity (Wildman–Crippen MR) is 78.0 cm³/mol. The summed E-state index contributed by atoms with van der Waals surface area (Å²) in [4.78, 5) is 4.14. The van der Waals surface area contributed by atoms with Crippen LogP contribution in [0.2, 0.25) is 0 Å². The number of nitrogens with zero attached hydrogens (tertiary/aromatic N) is 2.